The molecular formula is C12H18O13. The van der Waals surface area contributed by atoms with Crippen LogP contribution >= 0.6 is 0 Å². The molecule has 0 aliphatic carbocycles. The number of esters is 1. The minimum Gasteiger partial charge on any atom is -0.505 e. The number of carbonyl (C=O) groups excluding carboxylic acids is 2. The smallest absolute Gasteiger partial charge is 0.377 e. The van der Waals surface area contributed by atoms with E-state index in [9.17, 15) is 14.4 Å². The van der Waals surface area contributed by atoms with Crippen molar-refractivity contribution in [2.24, 2.45) is 0 Å². The van der Waals surface area contributed by atoms with Crippen LogP contribution in [0.4, 0.5) is 0 Å². The van der Waals surface area contributed by atoms with Crippen LogP contribution in [0, 0.1) is 0 Å². The molecule has 0 aromatic carbocycles. The second kappa shape index (κ2) is 9.87. The van der Waals surface area contributed by atoms with Crippen molar-refractivity contribution in [3.8, 4) is 0 Å². The molecule has 144 valence electrons. The Labute approximate surface area is 139 Å². The lowest BCUT2D eigenvalue weighted by atomic mass is 10.0. The van der Waals surface area contributed by atoms with E-state index in [1.165, 1.54) is 0 Å². The molecule has 1 aliphatic heterocycles. The fourth-order valence-electron chi connectivity index (χ4n) is 1.44. The third kappa shape index (κ3) is 5.93. The number of rotatable bonds is 7. The Balaban J connectivity index is 0.000000462. The molecule has 1 heterocycles. The molecule has 0 amide bonds. The first-order valence-corrected chi connectivity index (χ1v) is 6.51. The lowest BCUT2D eigenvalue weighted by Gasteiger charge is -2.21. The van der Waals surface area contributed by atoms with Gasteiger partial charge < -0.3 is 55.5 Å². The first kappa shape index (κ1) is 22.7. The van der Waals surface area contributed by atoms with E-state index in [4.69, 9.17) is 46.0 Å². The number of carboxylic acids is 1. The molecule has 6 atom stereocenters. The molecule has 13 heteroatoms. The van der Waals surface area contributed by atoms with Crippen molar-refractivity contribution in [2.75, 3.05) is 6.61 Å². The normalized spacial score (nSPS) is 22.8. The Morgan fingerprint density at radius 1 is 1.12 bits per heavy atom. The van der Waals surface area contributed by atoms with Gasteiger partial charge in [-0.1, -0.05) is 0 Å². The van der Waals surface area contributed by atoms with Gasteiger partial charge in [0.2, 0.25) is 5.76 Å². The number of carbonyl (C=O) groups is 3. The van der Waals surface area contributed by atoms with Crippen LogP contribution in [0.25, 0.3) is 0 Å². The van der Waals surface area contributed by atoms with E-state index in [1.807, 2.05) is 0 Å². The lowest BCUT2D eigenvalue weighted by molar-refractivity contribution is -0.163. The van der Waals surface area contributed by atoms with Gasteiger partial charge in [0.1, 0.15) is 24.4 Å². The largest absolute Gasteiger partial charge is 0.505 e. The Kier molecular flexibility index (Phi) is 8.97. The molecule has 0 saturated heterocycles. The zero-order valence-electron chi connectivity index (χ0n) is 12.4. The van der Waals surface area contributed by atoms with Crippen molar-refractivity contribution >= 4 is 18.2 Å². The second-order valence-electron chi connectivity index (χ2n) is 4.70. The summed E-state index contributed by atoms with van der Waals surface area (Å²) in [6.07, 6.45) is -11.2. The van der Waals surface area contributed by atoms with Crippen molar-refractivity contribution in [2.45, 2.75) is 36.6 Å². The number of cyclic esters (lactones) is 1. The molecule has 25 heavy (non-hydrogen) atoms. The highest BCUT2D eigenvalue weighted by atomic mass is 16.6. The number of ether oxygens (including phenoxy) is 1. The number of aliphatic hydroxyl groups excluding tert-OH is 8. The van der Waals surface area contributed by atoms with Gasteiger partial charge in [-0.15, -0.1) is 0 Å². The summed E-state index contributed by atoms with van der Waals surface area (Å²) in [6.45, 7) is -0.671. The molecule has 9 N–H and O–H groups in total. The highest BCUT2D eigenvalue weighted by molar-refractivity contribution is 5.89. The van der Waals surface area contributed by atoms with Crippen LogP contribution < -0.4 is 0 Å². The van der Waals surface area contributed by atoms with Gasteiger partial charge in [0.25, 0.3) is 0 Å². The third-order valence-corrected chi connectivity index (χ3v) is 2.89. The standard InChI is InChI=1S/C6H10O7.C6H8O6/c7-1-2(8)3(9)4(10)5(11)6(12)13;7-1-2(8)5-3(9)4(10)6(11)12-5/h1-5,8-11H,(H,12,13);2,5,7-10H,1H2/t2-,3+,4-,5-;2-,5+/m00/s1. The Bertz CT molecular complexity index is 515. The van der Waals surface area contributed by atoms with Crippen LogP contribution in [-0.2, 0) is 19.1 Å². The van der Waals surface area contributed by atoms with Gasteiger partial charge in [0.15, 0.2) is 24.3 Å². The zero-order chi connectivity index (χ0) is 19.9. The van der Waals surface area contributed by atoms with Gasteiger partial charge in [-0.05, 0) is 0 Å². The highest BCUT2D eigenvalue weighted by Crippen LogP contribution is 2.20. The van der Waals surface area contributed by atoms with Crippen molar-refractivity contribution in [3.05, 3.63) is 11.5 Å². The highest BCUT2D eigenvalue weighted by Gasteiger charge is 2.38. The van der Waals surface area contributed by atoms with Gasteiger partial charge in [-0.3, -0.25) is 0 Å². The molecule has 1 aliphatic rings. The van der Waals surface area contributed by atoms with E-state index in [-0.39, 0.29) is 6.29 Å². The topological polar surface area (TPSA) is 243 Å². The summed E-state index contributed by atoms with van der Waals surface area (Å²) < 4.78 is 4.32. The molecule has 0 saturated carbocycles. The Morgan fingerprint density at radius 3 is 1.96 bits per heavy atom. The summed E-state index contributed by atoms with van der Waals surface area (Å²) in [5.74, 6) is -4.54. The minimum absolute atomic E-state index is 0.0809. The van der Waals surface area contributed by atoms with Crippen molar-refractivity contribution in [3.63, 3.8) is 0 Å². The second-order valence-corrected chi connectivity index (χ2v) is 4.70. The molecule has 0 radical (unpaired) electrons. The SMILES string of the molecule is O=C1O[C@H]([C@@H](O)CO)C(O)=C1O.O=C[C@H](O)[C@@H](O)[C@H](O)[C@H](O)C(=O)O. The quantitative estimate of drug-likeness (QED) is 0.151. The van der Waals surface area contributed by atoms with Gasteiger partial charge in [-0.25, -0.2) is 9.59 Å². The van der Waals surface area contributed by atoms with Crippen LogP contribution in [0.1, 0.15) is 0 Å². The van der Waals surface area contributed by atoms with Crippen molar-refractivity contribution in [1.29, 1.82) is 0 Å². The number of hydrogen-bond donors (Lipinski definition) is 9. The average molecular weight is 370 g/mol. The van der Waals surface area contributed by atoms with E-state index in [0.717, 1.165) is 0 Å². The molecule has 0 bridgehead atoms. The molecule has 0 spiro atoms. The molecular weight excluding hydrogens is 352 g/mol. The molecule has 0 unspecified atom stereocenters. The van der Waals surface area contributed by atoms with E-state index in [1.54, 1.807) is 0 Å². The zero-order valence-corrected chi connectivity index (χ0v) is 12.4. The summed E-state index contributed by atoms with van der Waals surface area (Å²) in [4.78, 5) is 30.5. The summed E-state index contributed by atoms with van der Waals surface area (Å²) >= 11 is 0. The number of aliphatic carboxylic acids is 1. The number of aliphatic hydroxyl groups is 8. The average Bonchev–Trinajstić information content (AvgIpc) is 2.86. The van der Waals surface area contributed by atoms with Crippen LogP contribution in [-0.4, -0.2) is 107 Å². The van der Waals surface area contributed by atoms with E-state index >= 15 is 0 Å². The van der Waals surface area contributed by atoms with Crippen LogP contribution in [0.2, 0.25) is 0 Å². The number of carboxylic acid groups (broad SMARTS) is 1. The molecule has 13 nitrogen and oxygen atoms in total. The summed E-state index contributed by atoms with van der Waals surface area (Å²) in [5, 5.41) is 78.2. The van der Waals surface area contributed by atoms with Crippen LogP contribution in [0.15, 0.2) is 11.5 Å². The van der Waals surface area contributed by atoms with Gasteiger partial charge in [-0.2, -0.15) is 0 Å². The molecule has 0 aromatic heterocycles. The summed E-state index contributed by atoms with van der Waals surface area (Å²) in [7, 11) is 0. The predicted octanol–water partition coefficient (Wildman–Crippen LogP) is -4.69. The lowest BCUT2D eigenvalue weighted by Crippen LogP contribution is -2.48. The monoisotopic (exact) mass is 370 g/mol. The maximum atomic E-state index is 10.5. The maximum Gasteiger partial charge on any atom is 0.377 e. The predicted molar refractivity (Wildman–Crippen MR) is 73.0 cm³/mol. The van der Waals surface area contributed by atoms with Crippen LogP contribution in [0.5, 0.6) is 0 Å². The van der Waals surface area contributed by atoms with E-state index < -0.39 is 66.7 Å². The van der Waals surface area contributed by atoms with Crippen molar-refractivity contribution in [1.82, 2.24) is 0 Å². The van der Waals surface area contributed by atoms with Crippen LogP contribution in [0.3, 0.4) is 0 Å². The minimum atomic E-state index is -2.25. The fraction of sp³-hybridized carbons (Fsp3) is 0.583. The Hall–Kier alpha value is -2.29. The molecule has 0 fully saturated rings. The summed E-state index contributed by atoms with van der Waals surface area (Å²) in [5.41, 5.74) is 0. The third-order valence-electron chi connectivity index (χ3n) is 2.89. The van der Waals surface area contributed by atoms with Crippen molar-refractivity contribution < 1.29 is 65.1 Å². The fourth-order valence-corrected chi connectivity index (χ4v) is 1.44. The first-order chi connectivity index (χ1) is 11.5. The Morgan fingerprint density at radius 2 is 1.64 bits per heavy atom. The molecule has 1 rings (SSSR count). The van der Waals surface area contributed by atoms with Gasteiger partial charge >= 0.3 is 11.9 Å². The number of hydrogen-bond acceptors (Lipinski definition) is 12. The van der Waals surface area contributed by atoms with E-state index in [0.29, 0.717) is 0 Å². The molecule has 0 aromatic rings. The number of aldehydes is 1. The first-order valence-electron chi connectivity index (χ1n) is 6.51. The maximum absolute atomic E-state index is 10.5. The van der Waals surface area contributed by atoms with Gasteiger partial charge in [0.05, 0.1) is 6.61 Å². The van der Waals surface area contributed by atoms with Gasteiger partial charge in [0, 0.05) is 0 Å². The van der Waals surface area contributed by atoms with E-state index in [2.05, 4.69) is 4.74 Å². The summed E-state index contributed by atoms with van der Waals surface area (Å²) in [6, 6.07) is 0.